The third kappa shape index (κ3) is 1.37. The normalized spacial score (nSPS) is 42.1. The van der Waals surface area contributed by atoms with E-state index in [-0.39, 0.29) is 0 Å². The first-order valence-corrected chi connectivity index (χ1v) is 4.20. The summed E-state index contributed by atoms with van der Waals surface area (Å²) in [4.78, 5) is 0. The maximum atomic E-state index is 5.82. The molecule has 0 spiro atoms. The van der Waals surface area contributed by atoms with E-state index in [9.17, 15) is 0 Å². The molecule has 3 N–H and O–H groups in total. The highest BCUT2D eigenvalue weighted by molar-refractivity contribution is 5.18. The van der Waals surface area contributed by atoms with Crippen LogP contribution < -0.4 is 11.1 Å². The number of hydrogen-bond donors (Lipinski definition) is 2. The fraction of sp³-hybridized carbons (Fsp3) is 0.556. The summed E-state index contributed by atoms with van der Waals surface area (Å²) in [6, 6.07) is 0.882. The zero-order valence-corrected chi connectivity index (χ0v) is 6.53. The lowest BCUT2D eigenvalue weighted by molar-refractivity contribution is 0.337. The molecule has 3 atom stereocenters. The summed E-state index contributed by atoms with van der Waals surface area (Å²) in [5.74, 6) is 0.628. The predicted molar refractivity (Wildman–Crippen MR) is 46.2 cm³/mol. The van der Waals surface area contributed by atoms with Crippen LogP contribution in [0.15, 0.2) is 24.3 Å². The first-order chi connectivity index (χ1) is 5.36. The van der Waals surface area contributed by atoms with E-state index in [1.165, 1.54) is 0 Å². The van der Waals surface area contributed by atoms with Crippen molar-refractivity contribution >= 4 is 0 Å². The van der Waals surface area contributed by atoms with Gasteiger partial charge in [0.15, 0.2) is 0 Å². The Morgan fingerprint density at radius 1 is 1.27 bits per heavy atom. The number of rotatable bonds is 0. The van der Waals surface area contributed by atoms with Crippen LogP contribution in [-0.2, 0) is 0 Å². The van der Waals surface area contributed by atoms with Gasteiger partial charge in [0.1, 0.15) is 0 Å². The second kappa shape index (κ2) is 2.80. The van der Waals surface area contributed by atoms with Gasteiger partial charge in [-0.05, 0) is 12.3 Å². The number of fused-ring (bicyclic) bond motifs is 1. The van der Waals surface area contributed by atoms with Crippen LogP contribution in [0.5, 0.6) is 0 Å². The van der Waals surface area contributed by atoms with Crippen molar-refractivity contribution in [2.75, 3.05) is 6.54 Å². The molecule has 2 nitrogen and oxygen atoms in total. The SMILES string of the molecule is NC1CN[C@H]2C=CC=CC2C1. The molecule has 1 aliphatic carbocycles. The molecule has 0 aromatic rings. The van der Waals surface area contributed by atoms with Gasteiger partial charge >= 0.3 is 0 Å². The molecule has 0 saturated carbocycles. The average molecular weight is 150 g/mol. The Balaban J connectivity index is 2.07. The van der Waals surface area contributed by atoms with E-state index in [0.29, 0.717) is 18.0 Å². The van der Waals surface area contributed by atoms with Crippen molar-refractivity contribution in [3.63, 3.8) is 0 Å². The lowest BCUT2D eigenvalue weighted by Crippen LogP contribution is -2.49. The summed E-state index contributed by atoms with van der Waals surface area (Å²) in [5.41, 5.74) is 5.82. The minimum Gasteiger partial charge on any atom is -0.327 e. The third-order valence-electron chi connectivity index (χ3n) is 2.44. The maximum absolute atomic E-state index is 5.82. The van der Waals surface area contributed by atoms with Crippen molar-refractivity contribution in [2.45, 2.75) is 18.5 Å². The molecule has 2 unspecified atom stereocenters. The number of nitrogens with two attached hydrogens (primary N) is 1. The van der Waals surface area contributed by atoms with E-state index < -0.39 is 0 Å². The summed E-state index contributed by atoms with van der Waals surface area (Å²) in [6.45, 7) is 0.958. The maximum Gasteiger partial charge on any atom is 0.0317 e. The van der Waals surface area contributed by atoms with Crippen LogP contribution in [0.1, 0.15) is 6.42 Å². The highest BCUT2D eigenvalue weighted by Crippen LogP contribution is 2.20. The number of nitrogens with one attached hydrogen (secondary N) is 1. The van der Waals surface area contributed by atoms with Crippen LogP contribution in [-0.4, -0.2) is 18.6 Å². The Morgan fingerprint density at radius 2 is 2.09 bits per heavy atom. The largest absolute Gasteiger partial charge is 0.327 e. The number of allylic oxidation sites excluding steroid dienone is 2. The molecule has 0 amide bonds. The quantitative estimate of drug-likeness (QED) is 0.525. The van der Waals surface area contributed by atoms with Gasteiger partial charge in [0.2, 0.25) is 0 Å². The standard InChI is InChI=1S/C9H14N2/c10-8-5-7-3-1-2-4-9(7)11-6-8/h1-4,7-9,11H,5-6,10H2/t7?,8?,9-/m0/s1. The molecule has 1 saturated heterocycles. The van der Waals surface area contributed by atoms with Crippen molar-refractivity contribution < 1.29 is 0 Å². The van der Waals surface area contributed by atoms with Crippen LogP contribution >= 0.6 is 0 Å². The van der Waals surface area contributed by atoms with Crippen molar-refractivity contribution in [1.82, 2.24) is 5.32 Å². The molecule has 2 aliphatic rings. The Bertz CT molecular complexity index is 196. The summed E-state index contributed by atoms with van der Waals surface area (Å²) in [6.07, 6.45) is 9.80. The van der Waals surface area contributed by atoms with Crippen molar-refractivity contribution in [2.24, 2.45) is 11.7 Å². The van der Waals surface area contributed by atoms with E-state index in [1.54, 1.807) is 0 Å². The van der Waals surface area contributed by atoms with Gasteiger partial charge < -0.3 is 11.1 Å². The van der Waals surface area contributed by atoms with E-state index >= 15 is 0 Å². The van der Waals surface area contributed by atoms with Crippen LogP contribution in [0.4, 0.5) is 0 Å². The molecule has 1 aliphatic heterocycles. The highest BCUT2D eigenvalue weighted by atomic mass is 15.0. The molecule has 60 valence electrons. The van der Waals surface area contributed by atoms with E-state index in [1.807, 2.05) is 0 Å². The second-order valence-corrected chi connectivity index (χ2v) is 3.36. The minimum absolute atomic E-state index is 0.340. The zero-order valence-electron chi connectivity index (χ0n) is 6.53. The summed E-state index contributed by atoms with van der Waals surface area (Å²) >= 11 is 0. The van der Waals surface area contributed by atoms with E-state index in [2.05, 4.69) is 29.6 Å². The first-order valence-electron chi connectivity index (χ1n) is 4.20. The van der Waals surface area contributed by atoms with Crippen molar-refractivity contribution in [3.8, 4) is 0 Å². The number of piperidine rings is 1. The van der Waals surface area contributed by atoms with Crippen LogP contribution in [0.2, 0.25) is 0 Å². The Labute approximate surface area is 67.2 Å². The Morgan fingerprint density at radius 3 is 3.00 bits per heavy atom. The fourth-order valence-corrected chi connectivity index (χ4v) is 1.82. The molecule has 0 bridgehead atoms. The summed E-state index contributed by atoms with van der Waals surface area (Å²) in [7, 11) is 0. The van der Waals surface area contributed by atoms with Gasteiger partial charge in [0.05, 0.1) is 0 Å². The topological polar surface area (TPSA) is 38.0 Å². The van der Waals surface area contributed by atoms with Gasteiger partial charge in [-0.1, -0.05) is 24.3 Å². The van der Waals surface area contributed by atoms with E-state index in [4.69, 9.17) is 5.73 Å². The summed E-state index contributed by atoms with van der Waals surface area (Å²) < 4.78 is 0. The summed E-state index contributed by atoms with van der Waals surface area (Å²) in [5, 5.41) is 3.41. The van der Waals surface area contributed by atoms with Gasteiger partial charge in [0, 0.05) is 18.6 Å². The molecule has 0 radical (unpaired) electrons. The van der Waals surface area contributed by atoms with Crippen molar-refractivity contribution in [3.05, 3.63) is 24.3 Å². The number of hydrogen-bond acceptors (Lipinski definition) is 2. The zero-order chi connectivity index (χ0) is 7.68. The fourth-order valence-electron chi connectivity index (χ4n) is 1.82. The van der Waals surface area contributed by atoms with Crippen LogP contribution in [0, 0.1) is 5.92 Å². The van der Waals surface area contributed by atoms with Gasteiger partial charge in [-0.3, -0.25) is 0 Å². The molecule has 11 heavy (non-hydrogen) atoms. The van der Waals surface area contributed by atoms with E-state index in [0.717, 1.165) is 13.0 Å². The molecular weight excluding hydrogens is 136 g/mol. The highest BCUT2D eigenvalue weighted by Gasteiger charge is 2.25. The second-order valence-electron chi connectivity index (χ2n) is 3.36. The monoisotopic (exact) mass is 150 g/mol. The van der Waals surface area contributed by atoms with Crippen molar-refractivity contribution in [1.29, 1.82) is 0 Å². The lowest BCUT2D eigenvalue weighted by Gasteiger charge is -2.33. The van der Waals surface area contributed by atoms with Gasteiger partial charge in [0.25, 0.3) is 0 Å². The molecular formula is C9H14N2. The molecule has 2 rings (SSSR count). The minimum atomic E-state index is 0.340. The van der Waals surface area contributed by atoms with Gasteiger partial charge in [-0.15, -0.1) is 0 Å². The van der Waals surface area contributed by atoms with Crippen LogP contribution in [0.3, 0.4) is 0 Å². The Hall–Kier alpha value is -0.600. The molecule has 0 aromatic carbocycles. The van der Waals surface area contributed by atoms with Gasteiger partial charge in [-0.25, -0.2) is 0 Å². The smallest absolute Gasteiger partial charge is 0.0317 e. The molecule has 0 aromatic heterocycles. The third-order valence-corrected chi connectivity index (χ3v) is 2.44. The Kier molecular flexibility index (Phi) is 1.80. The first kappa shape index (κ1) is 7.07. The lowest BCUT2D eigenvalue weighted by atomic mass is 9.86. The molecule has 2 heteroatoms. The molecule has 1 fully saturated rings. The average Bonchev–Trinajstić information content (AvgIpc) is 2.04. The van der Waals surface area contributed by atoms with Crippen LogP contribution in [0.25, 0.3) is 0 Å². The molecule has 1 heterocycles. The van der Waals surface area contributed by atoms with Gasteiger partial charge in [-0.2, -0.15) is 0 Å². The predicted octanol–water partition coefficient (Wildman–Crippen LogP) is 0.418.